The normalized spacial score (nSPS) is 10.1. The summed E-state index contributed by atoms with van der Waals surface area (Å²) in [4.78, 5) is 12.5. The van der Waals surface area contributed by atoms with Gasteiger partial charge in [-0.25, -0.2) is 0 Å². The summed E-state index contributed by atoms with van der Waals surface area (Å²) in [7, 11) is 0. The molecular weight excluding hydrogens is 260 g/mol. The van der Waals surface area contributed by atoms with Crippen molar-refractivity contribution in [3.8, 4) is 11.5 Å². The van der Waals surface area contributed by atoms with Gasteiger partial charge in [-0.1, -0.05) is 54.6 Å². The lowest BCUT2D eigenvalue weighted by Gasteiger charge is -2.10. The maximum absolute atomic E-state index is 12.5. The molecule has 3 aromatic carbocycles. The van der Waals surface area contributed by atoms with E-state index in [1.165, 1.54) is 0 Å². The molecule has 0 spiro atoms. The van der Waals surface area contributed by atoms with Gasteiger partial charge in [0.2, 0.25) is 0 Å². The van der Waals surface area contributed by atoms with Gasteiger partial charge in [0.15, 0.2) is 5.78 Å². The Morgan fingerprint density at radius 1 is 0.810 bits per heavy atom. The van der Waals surface area contributed by atoms with Gasteiger partial charge in [-0.2, -0.15) is 0 Å². The molecule has 2 heteroatoms. The van der Waals surface area contributed by atoms with Crippen LogP contribution in [0.1, 0.15) is 15.9 Å². The largest absolute Gasteiger partial charge is 0.457 e. The number of ketones is 1. The molecule has 1 radical (unpaired) electrons. The monoisotopic (exact) mass is 273 g/mol. The Morgan fingerprint density at radius 2 is 1.52 bits per heavy atom. The predicted octanol–water partition coefficient (Wildman–Crippen LogP) is 4.51. The van der Waals surface area contributed by atoms with Crippen LogP contribution in [0.2, 0.25) is 0 Å². The van der Waals surface area contributed by atoms with Gasteiger partial charge in [0, 0.05) is 5.56 Å². The highest BCUT2D eigenvalue weighted by Gasteiger charge is 2.14. The second-order valence-corrected chi connectivity index (χ2v) is 4.52. The third-order valence-electron chi connectivity index (χ3n) is 3.06. The Kier molecular flexibility index (Phi) is 3.79. The average molecular weight is 273 g/mol. The quantitative estimate of drug-likeness (QED) is 0.654. The summed E-state index contributed by atoms with van der Waals surface area (Å²) in [6, 6.07) is 26.8. The van der Waals surface area contributed by atoms with Crippen molar-refractivity contribution >= 4 is 5.78 Å². The molecule has 0 aliphatic rings. The van der Waals surface area contributed by atoms with E-state index >= 15 is 0 Å². The molecule has 0 saturated heterocycles. The number of ether oxygens (including phenoxy) is 1. The second kappa shape index (κ2) is 6.06. The SMILES string of the molecule is O=C(c1[c]cccc1)c1ccccc1Oc1ccccc1. The van der Waals surface area contributed by atoms with E-state index in [0.717, 1.165) is 0 Å². The number of hydrogen-bond acceptors (Lipinski definition) is 2. The molecule has 0 bridgehead atoms. The first-order chi connectivity index (χ1) is 10.3. The first-order valence-electron chi connectivity index (χ1n) is 6.68. The predicted molar refractivity (Wildman–Crippen MR) is 81.7 cm³/mol. The molecule has 0 aliphatic carbocycles. The van der Waals surface area contributed by atoms with Crippen LogP contribution >= 0.6 is 0 Å². The van der Waals surface area contributed by atoms with Gasteiger partial charge in [-0.05, 0) is 30.3 Å². The molecule has 0 fully saturated rings. The van der Waals surface area contributed by atoms with Crippen molar-refractivity contribution < 1.29 is 9.53 Å². The van der Waals surface area contributed by atoms with Crippen LogP contribution in [0.25, 0.3) is 0 Å². The zero-order valence-corrected chi connectivity index (χ0v) is 11.3. The van der Waals surface area contributed by atoms with Gasteiger partial charge in [-0.3, -0.25) is 4.79 Å². The highest BCUT2D eigenvalue weighted by atomic mass is 16.5. The summed E-state index contributed by atoms with van der Waals surface area (Å²) in [6.45, 7) is 0. The molecule has 0 unspecified atom stereocenters. The minimum atomic E-state index is -0.0952. The number of carbonyl (C=O) groups excluding carboxylic acids is 1. The van der Waals surface area contributed by atoms with Crippen molar-refractivity contribution in [3.63, 3.8) is 0 Å². The highest BCUT2D eigenvalue weighted by molar-refractivity contribution is 6.10. The zero-order valence-electron chi connectivity index (χ0n) is 11.3. The molecular formula is C19H13O2. The molecule has 0 atom stereocenters. The van der Waals surface area contributed by atoms with Gasteiger partial charge in [0.25, 0.3) is 0 Å². The van der Waals surface area contributed by atoms with E-state index < -0.39 is 0 Å². The lowest BCUT2D eigenvalue weighted by Crippen LogP contribution is -2.03. The number of hydrogen-bond donors (Lipinski definition) is 0. The van der Waals surface area contributed by atoms with E-state index in [4.69, 9.17) is 4.74 Å². The van der Waals surface area contributed by atoms with E-state index in [2.05, 4.69) is 6.07 Å². The standard InChI is InChI=1S/C19H13O2/c20-19(15-9-3-1-4-10-15)17-13-7-8-14-18(17)21-16-11-5-2-6-12-16/h1-9,11-14H. The molecule has 0 amide bonds. The topological polar surface area (TPSA) is 26.3 Å². The second-order valence-electron chi connectivity index (χ2n) is 4.52. The lowest BCUT2D eigenvalue weighted by atomic mass is 10.0. The molecule has 0 saturated carbocycles. The van der Waals surface area contributed by atoms with Crippen molar-refractivity contribution in [2.24, 2.45) is 0 Å². The maximum Gasteiger partial charge on any atom is 0.197 e. The molecule has 3 aromatic rings. The Morgan fingerprint density at radius 3 is 2.29 bits per heavy atom. The van der Waals surface area contributed by atoms with Crippen LogP contribution in [-0.2, 0) is 0 Å². The third kappa shape index (κ3) is 3.00. The number of benzene rings is 3. The van der Waals surface area contributed by atoms with Gasteiger partial charge in [0.1, 0.15) is 11.5 Å². The summed E-state index contributed by atoms with van der Waals surface area (Å²) < 4.78 is 5.82. The molecule has 3 rings (SSSR count). The van der Waals surface area contributed by atoms with Crippen molar-refractivity contribution in [2.75, 3.05) is 0 Å². The Balaban J connectivity index is 1.95. The summed E-state index contributed by atoms with van der Waals surface area (Å²) >= 11 is 0. The molecule has 2 nitrogen and oxygen atoms in total. The van der Waals surface area contributed by atoms with E-state index in [0.29, 0.717) is 22.6 Å². The first kappa shape index (κ1) is 13.1. The molecule has 0 aromatic heterocycles. The van der Waals surface area contributed by atoms with E-state index in [1.54, 1.807) is 24.3 Å². The van der Waals surface area contributed by atoms with Gasteiger partial charge in [-0.15, -0.1) is 0 Å². The Hall–Kier alpha value is -2.87. The van der Waals surface area contributed by atoms with Crippen LogP contribution in [0, 0.1) is 6.07 Å². The van der Waals surface area contributed by atoms with Crippen LogP contribution in [-0.4, -0.2) is 5.78 Å². The molecule has 0 N–H and O–H groups in total. The van der Waals surface area contributed by atoms with Crippen molar-refractivity contribution in [2.45, 2.75) is 0 Å². The summed E-state index contributed by atoms with van der Waals surface area (Å²) in [5.41, 5.74) is 1.06. The van der Waals surface area contributed by atoms with Crippen LogP contribution < -0.4 is 4.74 Å². The molecule has 0 heterocycles. The van der Waals surface area contributed by atoms with Crippen LogP contribution in [0.4, 0.5) is 0 Å². The zero-order chi connectivity index (χ0) is 14.5. The van der Waals surface area contributed by atoms with Gasteiger partial charge >= 0.3 is 0 Å². The molecule has 21 heavy (non-hydrogen) atoms. The first-order valence-corrected chi connectivity index (χ1v) is 6.68. The molecule has 0 aliphatic heterocycles. The summed E-state index contributed by atoms with van der Waals surface area (Å²) in [5, 5.41) is 0. The van der Waals surface area contributed by atoms with Crippen molar-refractivity contribution in [1.82, 2.24) is 0 Å². The van der Waals surface area contributed by atoms with Gasteiger partial charge < -0.3 is 4.74 Å². The minimum absolute atomic E-state index is 0.0952. The van der Waals surface area contributed by atoms with E-state index in [9.17, 15) is 4.79 Å². The van der Waals surface area contributed by atoms with Crippen molar-refractivity contribution in [3.05, 3.63) is 96.1 Å². The fourth-order valence-electron chi connectivity index (χ4n) is 2.04. The molecule has 101 valence electrons. The number of rotatable bonds is 4. The highest BCUT2D eigenvalue weighted by Crippen LogP contribution is 2.26. The minimum Gasteiger partial charge on any atom is -0.457 e. The average Bonchev–Trinajstić information content (AvgIpc) is 2.56. The Labute approximate surface area is 123 Å². The fraction of sp³-hybridized carbons (Fsp3) is 0. The summed E-state index contributed by atoms with van der Waals surface area (Å²) in [6.07, 6.45) is 0. The van der Waals surface area contributed by atoms with Crippen molar-refractivity contribution in [1.29, 1.82) is 0 Å². The summed E-state index contributed by atoms with van der Waals surface area (Å²) in [5.74, 6) is 1.16. The Bertz CT molecular complexity index is 734. The smallest absolute Gasteiger partial charge is 0.197 e. The number of para-hydroxylation sites is 2. The van der Waals surface area contributed by atoms with Crippen LogP contribution in [0.15, 0.2) is 78.9 Å². The fourth-order valence-corrected chi connectivity index (χ4v) is 2.04. The lowest BCUT2D eigenvalue weighted by molar-refractivity contribution is 0.103. The van der Waals surface area contributed by atoms with E-state index in [1.807, 2.05) is 54.6 Å². The van der Waals surface area contributed by atoms with Crippen LogP contribution in [0.3, 0.4) is 0 Å². The van der Waals surface area contributed by atoms with Gasteiger partial charge in [0.05, 0.1) is 5.56 Å². The maximum atomic E-state index is 12.5. The third-order valence-corrected chi connectivity index (χ3v) is 3.06. The van der Waals surface area contributed by atoms with E-state index in [-0.39, 0.29) is 5.78 Å². The van der Waals surface area contributed by atoms with Crippen LogP contribution in [0.5, 0.6) is 11.5 Å². The number of carbonyl (C=O) groups is 1.